The largest absolute Gasteiger partial charge is 0.465 e. The lowest BCUT2D eigenvalue weighted by atomic mass is 10.0. The molecule has 0 aromatic heterocycles. The van der Waals surface area contributed by atoms with Crippen molar-refractivity contribution in [2.24, 2.45) is 0 Å². The highest BCUT2D eigenvalue weighted by Crippen LogP contribution is 2.07. The third kappa shape index (κ3) is 4.97. The van der Waals surface area contributed by atoms with Crippen LogP contribution >= 0.6 is 0 Å². The maximum atomic E-state index is 11.9. The fraction of sp³-hybridized carbons (Fsp3) is 0.385. The molecule has 0 aliphatic rings. The van der Waals surface area contributed by atoms with Gasteiger partial charge in [-0.05, 0) is 18.4 Å². The Bertz CT molecular complexity index is 422. The van der Waals surface area contributed by atoms with Gasteiger partial charge in [0.25, 0.3) is 5.91 Å². The third-order valence-electron chi connectivity index (χ3n) is 2.74. The number of likely N-dealkylation sites (N-methyl/N-ethyl adjacent to an activating group) is 1. The minimum absolute atomic E-state index is 0.378. The molecular formula is C13H18N2O4. The molecule has 6 heteroatoms. The Morgan fingerprint density at radius 2 is 2.00 bits per heavy atom. The molecule has 0 aliphatic carbocycles. The van der Waals surface area contributed by atoms with Crippen LogP contribution in [0.5, 0.6) is 0 Å². The first-order valence-electron chi connectivity index (χ1n) is 5.89. The average Bonchev–Trinajstić information content (AvgIpc) is 2.42. The first-order chi connectivity index (χ1) is 9.04. The molecule has 0 aliphatic heterocycles. The molecule has 0 saturated heterocycles. The summed E-state index contributed by atoms with van der Waals surface area (Å²) in [5.41, 5.74) is 1.05. The van der Waals surface area contributed by atoms with E-state index in [9.17, 15) is 9.59 Å². The van der Waals surface area contributed by atoms with Crippen molar-refractivity contribution in [2.75, 3.05) is 14.2 Å². The molecule has 0 heterocycles. The number of aryl methyl sites for hydroxylation is 1. The van der Waals surface area contributed by atoms with Crippen LogP contribution in [0, 0.1) is 0 Å². The van der Waals surface area contributed by atoms with E-state index in [-0.39, 0.29) is 0 Å². The summed E-state index contributed by atoms with van der Waals surface area (Å²) in [5, 5.41) is 12.0. The van der Waals surface area contributed by atoms with Crippen molar-refractivity contribution < 1.29 is 19.5 Å². The van der Waals surface area contributed by atoms with Crippen LogP contribution in [0.25, 0.3) is 0 Å². The van der Waals surface area contributed by atoms with E-state index in [1.807, 2.05) is 30.3 Å². The van der Waals surface area contributed by atoms with Crippen LogP contribution in [0.15, 0.2) is 30.3 Å². The number of hydroxylamine groups is 2. The molecule has 2 N–H and O–H groups in total. The Morgan fingerprint density at radius 1 is 1.37 bits per heavy atom. The lowest BCUT2D eigenvalue weighted by Crippen LogP contribution is -2.46. The van der Waals surface area contributed by atoms with Crippen LogP contribution in [-0.4, -0.2) is 42.4 Å². The number of carbonyl (C=O) groups excluding carboxylic acids is 1. The molecule has 2 amide bonds. The molecule has 1 rings (SSSR count). The number of carbonyl (C=O) groups is 2. The zero-order valence-corrected chi connectivity index (χ0v) is 11.0. The molecule has 0 bridgehead atoms. The second-order valence-electron chi connectivity index (χ2n) is 4.04. The summed E-state index contributed by atoms with van der Waals surface area (Å²) >= 11 is 0. The summed E-state index contributed by atoms with van der Waals surface area (Å²) in [7, 11) is 2.80. The fourth-order valence-electron chi connectivity index (χ4n) is 1.67. The van der Waals surface area contributed by atoms with Gasteiger partial charge in [-0.3, -0.25) is 9.63 Å². The van der Waals surface area contributed by atoms with E-state index in [1.165, 1.54) is 14.2 Å². The highest BCUT2D eigenvalue weighted by atomic mass is 16.7. The number of carboxylic acid groups (broad SMARTS) is 1. The van der Waals surface area contributed by atoms with Gasteiger partial charge in [0.05, 0.1) is 7.11 Å². The van der Waals surface area contributed by atoms with E-state index in [0.717, 1.165) is 10.6 Å². The average molecular weight is 266 g/mol. The topological polar surface area (TPSA) is 78.9 Å². The lowest BCUT2D eigenvalue weighted by Gasteiger charge is -2.21. The molecule has 1 atom stereocenters. The Hall–Kier alpha value is -2.08. The van der Waals surface area contributed by atoms with Gasteiger partial charge in [-0.1, -0.05) is 30.3 Å². The van der Waals surface area contributed by atoms with Crippen molar-refractivity contribution in [1.29, 1.82) is 0 Å². The molecule has 6 nitrogen and oxygen atoms in total. The maximum Gasteiger partial charge on any atom is 0.405 e. The molecule has 1 aromatic rings. The number of nitrogens with zero attached hydrogens (tertiary/aromatic N) is 1. The summed E-state index contributed by atoms with van der Waals surface area (Å²) in [4.78, 5) is 27.4. The predicted molar refractivity (Wildman–Crippen MR) is 69.5 cm³/mol. The predicted octanol–water partition coefficient (Wildman–Crippen LogP) is 1.28. The standard InChI is InChI=1S/C13H18N2O4/c1-15(19-2)12(16)11(14-13(17)18)9-8-10-6-4-3-5-7-10/h3-7,11,14H,8-9H2,1-2H3,(H,17,18). The number of rotatable bonds is 6. The SMILES string of the molecule is CON(C)C(=O)C(CCc1ccccc1)NC(=O)O. The van der Waals surface area contributed by atoms with E-state index in [2.05, 4.69) is 5.32 Å². The molecule has 1 aromatic carbocycles. The van der Waals surface area contributed by atoms with E-state index >= 15 is 0 Å². The van der Waals surface area contributed by atoms with E-state index in [4.69, 9.17) is 9.94 Å². The number of amides is 2. The van der Waals surface area contributed by atoms with Gasteiger partial charge in [-0.2, -0.15) is 0 Å². The van der Waals surface area contributed by atoms with Crippen LogP contribution < -0.4 is 5.32 Å². The van der Waals surface area contributed by atoms with Crippen molar-refractivity contribution in [1.82, 2.24) is 10.4 Å². The van der Waals surface area contributed by atoms with Crippen molar-refractivity contribution in [3.05, 3.63) is 35.9 Å². The summed E-state index contributed by atoms with van der Waals surface area (Å²) < 4.78 is 0. The van der Waals surface area contributed by atoms with Crippen LogP contribution in [-0.2, 0) is 16.1 Å². The minimum atomic E-state index is -1.23. The first kappa shape index (κ1) is 15.0. The van der Waals surface area contributed by atoms with Gasteiger partial charge in [-0.25, -0.2) is 9.86 Å². The highest BCUT2D eigenvalue weighted by Gasteiger charge is 2.23. The van der Waals surface area contributed by atoms with Gasteiger partial charge >= 0.3 is 6.09 Å². The number of nitrogens with one attached hydrogen (secondary N) is 1. The Balaban J connectivity index is 2.64. The van der Waals surface area contributed by atoms with Crippen LogP contribution in [0.1, 0.15) is 12.0 Å². The summed E-state index contributed by atoms with van der Waals surface area (Å²) in [6.45, 7) is 0. The highest BCUT2D eigenvalue weighted by molar-refractivity contribution is 5.84. The van der Waals surface area contributed by atoms with E-state index in [0.29, 0.717) is 12.8 Å². The molecule has 0 radical (unpaired) electrons. The van der Waals surface area contributed by atoms with Crippen LogP contribution in [0.3, 0.4) is 0 Å². The molecule has 0 spiro atoms. The van der Waals surface area contributed by atoms with Crippen molar-refractivity contribution in [3.8, 4) is 0 Å². The van der Waals surface area contributed by atoms with Gasteiger partial charge in [0.1, 0.15) is 6.04 Å². The maximum absolute atomic E-state index is 11.9. The Labute approximate surface area is 111 Å². The summed E-state index contributed by atoms with van der Waals surface area (Å²) in [6, 6.07) is 8.75. The van der Waals surface area contributed by atoms with Gasteiger partial charge in [0, 0.05) is 7.05 Å². The van der Waals surface area contributed by atoms with Crippen molar-refractivity contribution in [3.63, 3.8) is 0 Å². The smallest absolute Gasteiger partial charge is 0.405 e. The van der Waals surface area contributed by atoms with E-state index in [1.54, 1.807) is 0 Å². The number of benzene rings is 1. The van der Waals surface area contributed by atoms with Crippen LogP contribution in [0.4, 0.5) is 4.79 Å². The monoisotopic (exact) mass is 266 g/mol. The summed E-state index contributed by atoms with van der Waals surface area (Å²) in [6.07, 6.45) is -0.242. The number of hydrogen-bond acceptors (Lipinski definition) is 3. The minimum Gasteiger partial charge on any atom is -0.465 e. The summed E-state index contributed by atoms with van der Waals surface area (Å²) in [5.74, 6) is -0.416. The van der Waals surface area contributed by atoms with Gasteiger partial charge < -0.3 is 10.4 Å². The Kier molecular flexibility index (Phi) is 5.81. The third-order valence-corrected chi connectivity index (χ3v) is 2.74. The second kappa shape index (κ2) is 7.38. The molecule has 19 heavy (non-hydrogen) atoms. The van der Waals surface area contributed by atoms with Gasteiger partial charge in [0.15, 0.2) is 0 Å². The second-order valence-corrected chi connectivity index (χ2v) is 4.04. The van der Waals surface area contributed by atoms with Gasteiger partial charge in [-0.15, -0.1) is 0 Å². The fourth-order valence-corrected chi connectivity index (χ4v) is 1.67. The van der Waals surface area contributed by atoms with Crippen molar-refractivity contribution >= 4 is 12.0 Å². The quantitative estimate of drug-likeness (QED) is 0.760. The molecule has 1 unspecified atom stereocenters. The lowest BCUT2D eigenvalue weighted by molar-refractivity contribution is -0.171. The normalized spacial score (nSPS) is 11.7. The van der Waals surface area contributed by atoms with Crippen LogP contribution in [0.2, 0.25) is 0 Å². The molecule has 104 valence electrons. The molecular weight excluding hydrogens is 248 g/mol. The molecule has 0 fully saturated rings. The Morgan fingerprint density at radius 3 is 2.53 bits per heavy atom. The molecule has 0 saturated carbocycles. The van der Waals surface area contributed by atoms with Crippen molar-refractivity contribution in [2.45, 2.75) is 18.9 Å². The zero-order chi connectivity index (χ0) is 14.3. The van der Waals surface area contributed by atoms with Gasteiger partial charge in [0.2, 0.25) is 0 Å². The first-order valence-corrected chi connectivity index (χ1v) is 5.89. The zero-order valence-electron chi connectivity index (χ0n) is 11.0. The number of hydrogen-bond donors (Lipinski definition) is 2. The van der Waals surface area contributed by atoms with E-state index < -0.39 is 18.0 Å².